The Morgan fingerprint density at radius 3 is 3.16 bits per heavy atom. The first-order valence-corrected chi connectivity index (χ1v) is 8.33. The smallest absolute Gasteiger partial charge is 0.185 e. The molecule has 2 aliphatic heterocycles. The lowest BCUT2D eigenvalue weighted by Crippen LogP contribution is -2.36. The standard InChI is InChI=1S/C14H24N4S/c1-2-15-9-13-10-16-14(19-13)18-8-4-7-17-6-3-5-12(17)11-18/h10,12,15H,2-9,11H2,1H3. The minimum atomic E-state index is 0.767. The second-order valence-corrected chi connectivity index (χ2v) is 6.61. The van der Waals surface area contributed by atoms with E-state index in [1.807, 2.05) is 17.5 Å². The molecule has 0 aromatic carbocycles. The highest BCUT2D eigenvalue weighted by molar-refractivity contribution is 7.15. The lowest BCUT2D eigenvalue weighted by molar-refractivity contribution is 0.273. The van der Waals surface area contributed by atoms with Gasteiger partial charge in [0.25, 0.3) is 0 Å². The highest BCUT2D eigenvalue weighted by atomic mass is 32.1. The van der Waals surface area contributed by atoms with Crippen LogP contribution in [0.1, 0.15) is 31.1 Å². The van der Waals surface area contributed by atoms with Crippen molar-refractivity contribution in [2.24, 2.45) is 0 Å². The number of hydrogen-bond donors (Lipinski definition) is 1. The Morgan fingerprint density at radius 2 is 2.26 bits per heavy atom. The van der Waals surface area contributed by atoms with Crippen molar-refractivity contribution in [1.82, 2.24) is 15.2 Å². The van der Waals surface area contributed by atoms with Gasteiger partial charge in [-0.15, -0.1) is 11.3 Å². The van der Waals surface area contributed by atoms with Crippen LogP contribution in [0.2, 0.25) is 0 Å². The second kappa shape index (κ2) is 6.20. The zero-order valence-corrected chi connectivity index (χ0v) is 12.6. The van der Waals surface area contributed by atoms with Crippen LogP contribution in [0.5, 0.6) is 0 Å². The second-order valence-electron chi connectivity index (χ2n) is 5.52. The normalized spacial score (nSPS) is 24.5. The maximum atomic E-state index is 4.63. The van der Waals surface area contributed by atoms with E-state index in [9.17, 15) is 0 Å². The molecule has 1 aromatic rings. The Kier molecular flexibility index (Phi) is 4.35. The predicted molar refractivity (Wildman–Crippen MR) is 80.9 cm³/mol. The fourth-order valence-corrected chi connectivity index (χ4v) is 4.07. The third kappa shape index (κ3) is 3.09. The zero-order chi connectivity index (χ0) is 13.1. The molecule has 3 rings (SSSR count). The van der Waals surface area contributed by atoms with Gasteiger partial charge < -0.3 is 10.2 Å². The first-order valence-electron chi connectivity index (χ1n) is 7.51. The molecule has 0 radical (unpaired) electrons. The molecule has 5 heteroatoms. The summed E-state index contributed by atoms with van der Waals surface area (Å²) < 4.78 is 0. The van der Waals surface area contributed by atoms with Crippen molar-refractivity contribution in [3.05, 3.63) is 11.1 Å². The number of anilines is 1. The molecular weight excluding hydrogens is 256 g/mol. The number of nitrogens with one attached hydrogen (secondary N) is 1. The maximum Gasteiger partial charge on any atom is 0.185 e. The number of nitrogens with zero attached hydrogens (tertiary/aromatic N) is 3. The molecule has 1 atom stereocenters. The van der Waals surface area contributed by atoms with Gasteiger partial charge in [0.05, 0.1) is 0 Å². The number of hydrogen-bond acceptors (Lipinski definition) is 5. The monoisotopic (exact) mass is 280 g/mol. The first kappa shape index (κ1) is 13.3. The van der Waals surface area contributed by atoms with Gasteiger partial charge in [0.15, 0.2) is 5.13 Å². The maximum absolute atomic E-state index is 4.63. The van der Waals surface area contributed by atoms with E-state index in [1.165, 1.54) is 55.5 Å². The van der Waals surface area contributed by atoms with E-state index >= 15 is 0 Å². The molecule has 0 saturated carbocycles. The van der Waals surface area contributed by atoms with E-state index < -0.39 is 0 Å². The van der Waals surface area contributed by atoms with Crippen LogP contribution >= 0.6 is 11.3 Å². The average Bonchev–Trinajstić information content (AvgIpc) is 3.02. The molecule has 3 heterocycles. The van der Waals surface area contributed by atoms with Crippen LogP contribution in [0, 0.1) is 0 Å². The van der Waals surface area contributed by atoms with Crippen LogP contribution in [0.3, 0.4) is 0 Å². The lowest BCUT2D eigenvalue weighted by Gasteiger charge is -2.25. The fourth-order valence-electron chi connectivity index (χ4n) is 3.15. The van der Waals surface area contributed by atoms with Crippen molar-refractivity contribution < 1.29 is 0 Å². The highest BCUT2D eigenvalue weighted by Gasteiger charge is 2.29. The van der Waals surface area contributed by atoms with Crippen molar-refractivity contribution in [3.8, 4) is 0 Å². The van der Waals surface area contributed by atoms with Crippen molar-refractivity contribution in [1.29, 1.82) is 0 Å². The summed E-state index contributed by atoms with van der Waals surface area (Å²) in [6.45, 7) is 9.05. The number of rotatable bonds is 4. The number of fused-ring (bicyclic) bond motifs is 1. The van der Waals surface area contributed by atoms with Crippen LogP contribution in [0.25, 0.3) is 0 Å². The SMILES string of the molecule is CCNCc1cnc(N2CCCN3CCCC3C2)s1. The summed E-state index contributed by atoms with van der Waals surface area (Å²) in [6, 6.07) is 0.767. The molecule has 106 valence electrons. The first-order chi connectivity index (χ1) is 9.36. The van der Waals surface area contributed by atoms with Crippen LogP contribution in [-0.2, 0) is 6.54 Å². The van der Waals surface area contributed by atoms with E-state index in [0.29, 0.717) is 0 Å². The van der Waals surface area contributed by atoms with Gasteiger partial charge in [-0.25, -0.2) is 4.98 Å². The van der Waals surface area contributed by atoms with E-state index in [0.717, 1.165) is 19.1 Å². The molecular formula is C14H24N4S. The molecule has 2 saturated heterocycles. The van der Waals surface area contributed by atoms with Crippen LogP contribution in [0.15, 0.2) is 6.20 Å². The summed E-state index contributed by atoms with van der Waals surface area (Å²) >= 11 is 1.86. The topological polar surface area (TPSA) is 31.4 Å². The molecule has 4 nitrogen and oxygen atoms in total. The van der Waals surface area contributed by atoms with E-state index in [4.69, 9.17) is 0 Å². The molecule has 1 aromatic heterocycles. The Morgan fingerprint density at radius 1 is 1.37 bits per heavy atom. The van der Waals surface area contributed by atoms with E-state index in [1.54, 1.807) is 0 Å². The largest absolute Gasteiger partial charge is 0.346 e. The summed E-state index contributed by atoms with van der Waals surface area (Å²) in [5.74, 6) is 0. The zero-order valence-electron chi connectivity index (χ0n) is 11.8. The number of thiazole rings is 1. The third-order valence-electron chi connectivity index (χ3n) is 4.16. The van der Waals surface area contributed by atoms with E-state index in [-0.39, 0.29) is 0 Å². The molecule has 19 heavy (non-hydrogen) atoms. The predicted octanol–water partition coefficient (Wildman–Crippen LogP) is 1.93. The Hall–Kier alpha value is -0.650. The van der Waals surface area contributed by atoms with Crippen molar-refractivity contribution >= 4 is 16.5 Å². The van der Waals surface area contributed by atoms with Crippen molar-refractivity contribution in [3.63, 3.8) is 0 Å². The molecule has 1 N–H and O–H groups in total. The average molecular weight is 280 g/mol. The fraction of sp³-hybridized carbons (Fsp3) is 0.786. The van der Waals surface area contributed by atoms with Gasteiger partial charge >= 0.3 is 0 Å². The lowest BCUT2D eigenvalue weighted by atomic mass is 10.2. The quantitative estimate of drug-likeness (QED) is 0.913. The minimum absolute atomic E-state index is 0.767. The van der Waals surface area contributed by atoms with Crippen LogP contribution in [-0.4, -0.2) is 48.6 Å². The number of aromatic nitrogens is 1. The summed E-state index contributed by atoms with van der Waals surface area (Å²) in [7, 11) is 0. The Balaban J connectivity index is 1.65. The molecule has 0 aliphatic carbocycles. The summed E-state index contributed by atoms with van der Waals surface area (Å²) in [5.41, 5.74) is 0. The molecule has 0 bridgehead atoms. The van der Waals surface area contributed by atoms with Crippen molar-refractivity contribution in [2.45, 2.75) is 38.8 Å². The van der Waals surface area contributed by atoms with Crippen LogP contribution < -0.4 is 10.2 Å². The van der Waals surface area contributed by atoms with Gasteiger partial charge in [-0.1, -0.05) is 6.92 Å². The highest BCUT2D eigenvalue weighted by Crippen LogP contribution is 2.27. The molecule has 0 amide bonds. The van der Waals surface area contributed by atoms with Crippen molar-refractivity contribution in [2.75, 3.05) is 37.6 Å². The minimum Gasteiger partial charge on any atom is -0.346 e. The van der Waals surface area contributed by atoms with Gasteiger partial charge in [-0.3, -0.25) is 4.90 Å². The van der Waals surface area contributed by atoms with Gasteiger partial charge in [0.1, 0.15) is 0 Å². The molecule has 0 spiro atoms. The molecule has 2 fully saturated rings. The summed E-state index contributed by atoms with van der Waals surface area (Å²) in [6.07, 6.45) is 6.06. The Bertz CT molecular complexity index is 406. The summed E-state index contributed by atoms with van der Waals surface area (Å²) in [4.78, 5) is 11.2. The van der Waals surface area contributed by atoms with Crippen LogP contribution in [0.4, 0.5) is 5.13 Å². The third-order valence-corrected chi connectivity index (χ3v) is 5.22. The van der Waals surface area contributed by atoms with Gasteiger partial charge in [-0.2, -0.15) is 0 Å². The van der Waals surface area contributed by atoms with E-state index in [2.05, 4.69) is 27.0 Å². The Labute approximate surface area is 119 Å². The van der Waals surface area contributed by atoms with Gasteiger partial charge in [-0.05, 0) is 32.4 Å². The van der Waals surface area contributed by atoms with Gasteiger partial charge in [0.2, 0.25) is 0 Å². The molecule has 1 unspecified atom stereocenters. The van der Waals surface area contributed by atoms with Gasteiger partial charge in [0, 0.05) is 43.3 Å². The molecule has 2 aliphatic rings. The summed E-state index contributed by atoms with van der Waals surface area (Å²) in [5, 5.41) is 4.60.